The Hall–Kier alpha value is -0.0400. The quantitative estimate of drug-likeness (QED) is 0.513. The average Bonchev–Trinajstić information content (AvgIpc) is 2.99. The molecule has 28 heavy (non-hydrogen) atoms. The molecule has 4 aliphatic rings. The van der Waals surface area contributed by atoms with E-state index in [0.717, 1.165) is 48.3 Å². The molecule has 0 aliphatic heterocycles. The molecule has 0 unspecified atom stereocenters. The zero-order valence-electron chi connectivity index (χ0n) is 19.6. The summed E-state index contributed by atoms with van der Waals surface area (Å²) in [6, 6.07) is 0. The monoisotopic (exact) mass is 388 g/mol. The Balaban J connectivity index is 1.49. The highest BCUT2D eigenvalue weighted by Crippen LogP contribution is 2.69. The average molecular weight is 389 g/mol. The molecule has 1 N–H and O–H groups in total. The van der Waals surface area contributed by atoms with Gasteiger partial charge in [-0.15, -0.1) is 0 Å². The van der Waals surface area contributed by atoms with Crippen molar-refractivity contribution in [1.29, 1.82) is 0 Å². The predicted octanol–water partition coefficient (Wildman–Crippen LogP) is 7.61. The van der Waals surface area contributed by atoms with Crippen LogP contribution in [0.25, 0.3) is 0 Å². The van der Waals surface area contributed by atoms with Crippen LogP contribution in [0.1, 0.15) is 118 Å². The molecule has 162 valence electrons. The lowest BCUT2D eigenvalue weighted by molar-refractivity contribution is -0.205. The highest BCUT2D eigenvalue weighted by molar-refractivity contribution is 5.13. The second-order valence-electron chi connectivity index (χ2n) is 12.6. The van der Waals surface area contributed by atoms with Crippen LogP contribution in [-0.4, -0.2) is 10.7 Å². The summed E-state index contributed by atoms with van der Waals surface area (Å²) in [7, 11) is 0. The van der Waals surface area contributed by atoms with E-state index in [2.05, 4.69) is 34.6 Å². The SMILES string of the molecule is CC(C)CCC[C@@H](C)[C@H]1CC[C@H]2[C@@H]3CC[C@@]4(O)CCCC[C@]4(C)[C@H]3CC[C@]12C. The molecule has 0 heterocycles. The molecule has 4 saturated carbocycles. The maximum Gasteiger partial charge on any atom is 0.0703 e. The normalized spacial score (nSPS) is 49.4. The zero-order chi connectivity index (χ0) is 20.2. The lowest BCUT2D eigenvalue weighted by atomic mass is 9.43. The molecule has 0 radical (unpaired) electrons. The minimum atomic E-state index is -0.345. The van der Waals surface area contributed by atoms with Crippen LogP contribution in [0.15, 0.2) is 0 Å². The van der Waals surface area contributed by atoms with E-state index in [1.165, 1.54) is 70.6 Å². The Morgan fingerprint density at radius 3 is 2.32 bits per heavy atom. The number of hydrogen-bond donors (Lipinski definition) is 1. The highest BCUT2D eigenvalue weighted by atomic mass is 16.3. The molecule has 1 heteroatoms. The van der Waals surface area contributed by atoms with Gasteiger partial charge in [-0.3, -0.25) is 0 Å². The third-order valence-electron chi connectivity index (χ3n) is 10.9. The zero-order valence-corrected chi connectivity index (χ0v) is 19.6. The first-order chi connectivity index (χ1) is 13.2. The molecule has 4 rings (SSSR count). The second-order valence-corrected chi connectivity index (χ2v) is 12.6. The summed E-state index contributed by atoms with van der Waals surface area (Å²) in [5.74, 6) is 5.33. The van der Waals surface area contributed by atoms with Crippen molar-refractivity contribution in [3.63, 3.8) is 0 Å². The summed E-state index contributed by atoms with van der Waals surface area (Å²) >= 11 is 0. The van der Waals surface area contributed by atoms with Gasteiger partial charge in [0.25, 0.3) is 0 Å². The van der Waals surface area contributed by atoms with Crippen LogP contribution in [-0.2, 0) is 0 Å². The number of hydrogen-bond acceptors (Lipinski definition) is 1. The summed E-state index contributed by atoms with van der Waals surface area (Å²) in [6.07, 6.45) is 17.4. The molecule has 4 fully saturated rings. The van der Waals surface area contributed by atoms with Gasteiger partial charge in [-0.2, -0.15) is 0 Å². The molecule has 0 bridgehead atoms. The topological polar surface area (TPSA) is 20.2 Å². The van der Waals surface area contributed by atoms with Crippen molar-refractivity contribution in [2.75, 3.05) is 0 Å². The second kappa shape index (κ2) is 7.58. The van der Waals surface area contributed by atoms with Gasteiger partial charge in [0.2, 0.25) is 0 Å². The maximum atomic E-state index is 11.6. The molecule has 0 amide bonds. The van der Waals surface area contributed by atoms with Crippen LogP contribution in [0.3, 0.4) is 0 Å². The highest BCUT2D eigenvalue weighted by Gasteiger charge is 2.63. The molecular weight excluding hydrogens is 340 g/mol. The van der Waals surface area contributed by atoms with Crippen molar-refractivity contribution in [2.45, 2.75) is 124 Å². The first-order valence-electron chi connectivity index (χ1n) is 12.9. The lowest BCUT2D eigenvalue weighted by Crippen LogP contribution is -2.61. The number of rotatable bonds is 5. The summed E-state index contributed by atoms with van der Waals surface area (Å²) in [5, 5.41) is 11.6. The van der Waals surface area contributed by atoms with Gasteiger partial charge in [0.15, 0.2) is 0 Å². The molecule has 0 saturated heterocycles. The fourth-order valence-electron chi connectivity index (χ4n) is 9.28. The Bertz CT molecular complexity index is 554. The van der Waals surface area contributed by atoms with Gasteiger partial charge < -0.3 is 5.11 Å². The van der Waals surface area contributed by atoms with Gasteiger partial charge in [-0.1, -0.05) is 66.7 Å². The minimum Gasteiger partial charge on any atom is -0.389 e. The van der Waals surface area contributed by atoms with Gasteiger partial charge in [-0.25, -0.2) is 0 Å². The van der Waals surface area contributed by atoms with Gasteiger partial charge in [0, 0.05) is 0 Å². The van der Waals surface area contributed by atoms with Gasteiger partial charge >= 0.3 is 0 Å². The third kappa shape index (κ3) is 3.21. The van der Waals surface area contributed by atoms with Gasteiger partial charge in [0.1, 0.15) is 0 Å². The predicted molar refractivity (Wildman–Crippen MR) is 119 cm³/mol. The van der Waals surface area contributed by atoms with Crippen molar-refractivity contribution >= 4 is 0 Å². The summed E-state index contributed by atoms with van der Waals surface area (Å²) in [5.41, 5.74) is 0.442. The van der Waals surface area contributed by atoms with Crippen LogP contribution in [0.4, 0.5) is 0 Å². The van der Waals surface area contributed by atoms with Crippen molar-refractivity contribution < 1.29 is 5.11 Å². The van der Waals surface area contributed by atoms with E-state index in [9.17, 15) is 5.11 Å². The smallest absolute Gasteiger partial charge is 0.0703 e. The van der Waals surface area contributed by atoms with E-state index < -0.39 is 0 Å². The number of fused-ring (bicyclic) bond motifs is 5. The molecular formula is C27H48O. The van der Waals surface area contributed by atoms with E-state index >= 15 is 0 Å². The fourth-order valence-corrected chi connectivity index (χ4v) is 9.28. The van der Waals surface area contributed by atoms with Crippen LogP contribution < -0.4 is 0 Å². The molecule has 4 aliphatic carbocycles. The number of aliphatic hydroxyl groups is 1. The molecule has 0 aromatic carbocycles. The lowest BCUT2D eigenvalue weighted by Gasteiger charge is -2.63. The standard InChI is InChI=1S/C27H48O/c1-19(2)9-8-10-20(3)22-11-12-23-21-13-18-27(28)16-7-6-15-26(27,5)24(21)14-17-25(22,23)4/h19-24,28H,6-18H2,1-5H3/t20-,21+,22-,23+,24+,25-,26-,27+/m1/s1. The molecule has 0 spiro atoms. The summed E-state index contributed by atoms with van der Waals surface area (Å²) < 4.78 is 0. The van der Waals surface area contributed by atoms with E-state index in [4.69, 9.17) is 0 Å². The summed E-state index contributed by atoms with van der Waals surface area (Å²) in [6.45, 7) is 12.5. The summed E-state index contributed by atoms with van der Waals surface area (Å²) in [4.78, 5) is 0. The van der Waals surface area contributed by atoms with Gasteiger partial charge in [0.05, 0.1) is 5.60 Å². The Morgan fingerprint density at radius 1 is 0.821 bits per heavy atom. The van der Waals surface area contributed by atoms with Crippen LogP contribution >= 0.6 is 0 Å². The molecule has 0 aromatic rings. The first kappa shape index (κ1) is 21.2. The fraction of sp³-hybridized carbons (Fsp3) is 1.00. The Labute approximate surface area is 175 Å². The van der Waals surface area contributed by atoms with Crippen molar-refractivity contribution in [3.05, 3.63) is 0 Å². The van der Waals surface area contributed by atoms with E-state index in [-0.39, 0.29) is 11.0 Å². The largest absolute Gasteiger partial charge is 0.389 e. The van der Waals surface area contributed by atoms with E-state index in [1.807, 2.05) is 0 Å². The first-order valence-corrected chi connectivity index (χ1v) is 12.9. The van der Waals surface area contributed by atoms with Crippen molar-refractivity contribution in [1.82, 2.24) is 0 Å². The van der Waals surface area contributed by atoms with Crippen molar-refractivity contribution in [2.24, 2.45) is 46.3 Å². The third-order valence-corrected chi connectivity index (χ3v) is 10.9. The van der Waals surface area contributed by atoms with Crippen LogP contribution in [0.2, 0.25) is 0 Å². The molecule has 0 aromatic heterocycles. The van der Waals surface area contributed by atoms with E-state index in [1.54, 1.807) is 0 Å². The maximum absolute atomic E-state index is 11.6. The van der Waals surface area contributed by atoms with Crippen molar-refractivity contribution in [3.8, 4) is 0 Å². The minimum absolute atomic E-state index is 0.205. The van der Waals surface area contributed by atoms with Crippen LogP contribution in [0, 0.1) is 46.3 Å². The molecule has 1 nitrogen and oxygen atoms in total. The van der Waals surface area contributed by atoms with Gasteiger partial charge in [-0.05, 0) is 97.7 Å². The van der Waals surface area contributed by atoms with E-state index in [0.29, 0.717) is 5.41 Å². The Kier molecular flexibility index (Phi) is 5.74. The Morgan fingerprint density at radius 2 is 1.57 bits per heavy atom. The molecule has 8 atom stereocenters. The van der Waals surface area contributed by atoms with Crippen LogP contribution in [0.5, 0.6) is 0 Å².